The summed E-state index contributed by atoms with van der Waals surface area (Å²) in [7, 11) is 0. The molecule has 82 valence electrons. The van der Waals surface area contributed by atoms with Crippen LogP contribution in [0.15, 0.2) is 45.6 Å². The zero-order chi connectivity index (χ0) is 11.5. The third-order valence-corrected chi connectivity index (χ3v) is 2.23. The van der Waals surface area contributed by atoms with Crippen LogP contribution in [0.1, 0.15) is 12.7 Å². The molecule has 1 aromatic carbocycles. The molecule has 0 saturated heterocycles. The monoisotopic (exact) mass is 216 g/mol. The van der Waals surface area contributed by atoms with E-state index in [1.807, 2.05) is 12.1 Å². The molecule has 3 heteroatoms. The second-order valence-electron chi connectivity index (χ2n) is 3.62. The quantitative estimate of drug-likeness (QED) is 0.837. The fourth-order valence-corrected chi connectivity index (χ4v) is 1.47. The van der Waals surface area contributed by atoms with Crippen LogP contribution in [0.5, 0.6) is 0 Å². The molecule has 1 atom stereocenters. The Kier molecular flexibility index (Phi) is 2.88. The molecule has 0 aliphatic rings. The van der Waals surface area contributed by atoms with E-state index in [9.17, 15) is 4.79 Å². The van der Waals surface area contributed by atoms with Crippen molar-refractivity contribution in [3.8, 4) is 0 Å². The molecule has 0 aliphatic carbocycles. The molecule has 0 unspecified atom stereocenters. The fraction of sp³-hybridized carbons (Fsp3) is 0.154. The van der Waals surface area contributed by atoms with Gasteiger partial charge in [-0.2, -0.15) is 0 Å². The second-order valence-corrected chi connectivity index (χ2v) is 3.62. The van der Waals surface area contributed by atoms with Crippen molar-refractivity contribution in [2.24, 2.45) is 0 Å². The summed E-state index contributed by atoms with van der Waals surface area (Å²) in [5.41, 5.74) is -0.358. The van der Waals surface area contributed by atoms with Gasteiger partial charge in [0.1, 0.15) is 5.76 Å². The molecule has 0 amide bonds. The summed E-state index contributed by atoms with van der Waals surface area (Å²) >= 11 is 0. The highest BCUT2D eigenvalue weighted by Gasteiger charge is 2.01. The maximum atomic E-state index is 11.6. The Hall–Kier alpha value is -1.87. The van der Waals surface area contributed by atoms with Crippen LogP contribution in [0, 0.1) is 0 Å². The Morgan fingerprint density at radius 1 is 1.38 bits per heavy atom. The normalized spacial score (nSPS) is 13.4. The first kappa shape index (κ1) is 10.6. The van der Waals surface area contributed by atoms with E-state index in [1.54, 1.807) is 37.3 Å². The molecule has 2 aromatic rings. The van der Waals surface area contributed by atoms with Crippen molar-refractivity contribution < 1.29 is 9.52 Å². The van der Waals surface area contributed by atoms with Crippen LogP contribution in [-0.4, -0.2) is 11.2 Å². The zero-order valence-corrected chi connectivity index (χ0v) is 8.88. The predicted molar refractivity (Wildman–Crippen MR) is 63.2 cm³/mol. The first-order chi connectivity index (χ1) is 7.66. The summed E-state index contributed by atoms with van der Waals surface area (Å²) in [4.78, 5) is 11.6. The summed E-state index contributed by atoms with van der Waals surface area (Å²) in [5.74, 6) is 0.449. The maximum Gasteiger partial charge on any atom is 0.344 e. The predicted octanol–water partition coefficient (Wildman–Crippen LogP) is 2.19. The molecular formula is C13H12O3. The Bertz CT molecular complexity index is 579. The fourth-order valence-electron chi connectivity index (χ4n) is 1.47. The van der Waals surface area contributed by atoms with Crippen LogP contribution in [0.25, 0.3) is 16.8 Å². The van der Waals surface area contributed by atoms with Crippen LogP contribution in [0.3, 0.4) is 0 Å². The van der Waals surface area contributed by atoms with Crippen molar-refractivity contribution in [1.82, 2.24) is 0 Å². The van der Waals surface area contributed by atoms with Gasteiger partial charge >= 0.3 is 5.63 Å². The molecule has 1 N–H and O–H groups in total. The van der Waals surface area contributed by atoms with Gasteiger partial charge in [-0.15, -0.1) is 0 Å². The van der Waals surface area contributed by atoms with Crippen molar-refractivity contribution >= 4 is 16.8 Å². The van der Waals surface area contributed by atoms with Crippen LogP contribution >= 0.6 is 0 Å². The van der Waals surface area contributed by atoms with Crippen LogP contribution < -0.4 is 5.63 Å². The molecule has 0 aliphatic heterocycles. The third-order valence-electron chi connectivity index (χ3n) is 2.23. The van der Waals surface area contributed by atoms with E-state index in [1.165, 1.54) is 0 Å². The number of aliphatic hydroxyl groups is 1. The molecule has 0 spiro atoms. The number of rotatable bonds is 2. The first-order valence-corrected chi connectivity index (χ1v) is 5.06. The van der Waals surface area contributed by atoms with Gasteiger partial charge < -0.3 is 9.52 Å². The largest absolute Gasteiger partial charge is 0.423 e. The standard InChI is InChI=1S/C13H12O3/c1-9(14)6-7-11-8-10-4-2-3-5-12(10)13(15)16-11/h2-9,14H,1H3/t9-/m1/s1. The summed E-state index contributed by atoms with van der Waals surface area (Å²) in [6, 6.07) is 9.01. The lowest BCUT2D eigenvalue weighted by Crippen LogP contribution is -2.00. The van der Waals surface area contributed by atoms with Crippen molar-refractivity contribution in [2.45, 2.75) is 13.0 Å². The van der Waals surface area contributed by atoms with Gasteiger partial charge in [0.05, 0.1) is 11.5 Å². The van der Waals surface area contributed by atoms with E-state index >= 15 is 0 Å². The average molecular weight is 216 g/mol. The van der Waals surface area contributed by atoms with Gasteiger partial charge in [0.2, 0.25) is 0 Å². The van der Waals surface area contributed by atoms with Gasteiger partial charge in [0, 0.05) is 0 Å². The summed E-state index contributed by atoms with van der Waals surface area (Å²) in [5, 5.41) is 10.5. The molecule has 0 fully saturated rings. The van der Waals surface area contributed by atoms with E-state index in [0.29, 0.717) is 11.1 Å². The molecular weight excluding hydrogens is 204 g/mol. The second kappa shape index (κ2) is 4.33. The Morgan fingerprint density at radius 3 is 2.88 bits per heavy atom. The maximum absolute atomic E-state index is 11.6. The molecule has 1 heterocycles. The van der Waals surface area contributed by atoms with Crippen molar-refractivity contribution in [3.05, 3.63) is 52.6 Å². The summed E-state index contributed by atoms with van der Waals surface area (Å²) < 4.78 is 5.09. The zero-order valence-electron chi connectivity index (χ0n) is 8.88. The lowest BCUT2D eigenvalue weighted by molar-refractivity contribution is 0.245. The topological polar surface area (TPSA) is 50.4 Å². The lowest BCUT2D eigenvalue weighted by atomic mass is 10.1. The van der Waals surface area contributed by atoms with Gasteiger partial charge in [0.15, 0.2) is 0 Å². The SMILES string of the molecule is C[C@@H](O)C=Cc1cc2ccccc2c(=O)o1. The first-order valence-electron chi connectivity index (χ1n) is 5.06. The number of fused-ring (bicyclic) bond motifs is 1. The van der Waals surface area contributed by atoms with Gasteiger partial charge in [-0.25, -0.2) is 4.79 Å². The molecule has 0 bridgehead atoms. The third kappa shape index (κ3) is 2.20. The van der Waals surface area contributed by atoms with Crippen LogP contribution in [-0.2, 0) is 0 Å². The number of aliphatic hydroxyl groups excluding tert-OH is 1. The highest BCUT2D eigenvalue weighted by molar-refractivity contribution is 5.82. The lowest BCUT2D eigenvalue weighted by Gasteiger charge is -1.98. The van der Waals surface area contributed by atoms with Gasteiger partial charge in [-0.3, -0.25) is 0 Å². The average Bonchev–Trinajstić information content (AvgIpc) is 2.26. The molecule has 0 saturated carbocycles. The minimum absolute atomic E-state index is 0.358. The molecule has 1 aromatic heterocycles. The molecule has 2 rings (SSSR count). The minimum atomic E-state index is -0.559. The minimum Gasteiger partial charge on any atom is -0.423 e. The number of benzene rings is 1. The van der Waals surface area contributed by atoms with Gasteiger partial charge in [-0.1, -0.05) is 24.3 Å². The van der Waals surface area contributed by atoms with Crippen molar-refractivity contribution in [3.63, 3.8) is 0 Å². The van der Waals surface area contributed by atoms with Crippen molar-refractivity contribution in [1.29, 1.82) is 0 Å². The number of hydrogen-bond acceptors (Lipinski definition) is 3. The molecule has 3 nitrogen and oxygen atoms in total. The summed E-state index contributed by atoms with van der Waals surface area (Å²) in [6.07, 6.45) is 2.60. The summed E-state index contributed by atoms with van der Waals surface area (Å²) in [6.45, 7) is 1.63. The molecule has 0 radical (unpaired) electrons. The highest BCUT2D eigenvalue weighted by atomic mass is 16.4. The van der Waals surface area contributed by atoms with E-state index in [2.05, 4.69) is 0 Å². The highest BCUT2D eigenvalue weighted by Crippen LogP contribution is 2.12. The van der Waals surface area contributed by atoms with E-state index in [0.717, 1.165) is 5.39 Å². The molecule has 16 heavy (non-hydrogen) atoms. The van der Waals surface area contributed by atoms with Crippen LogP contribution in [0.4, 0.5) is 0 Å². The van der Waals surface area contributed by atoms with Crippen LogP contribution in [0.2, 0.25) is 0 Å². The van der Waals surface area contributed by atoms with E-state index in [4.69, 9.17) is 9.52 Å². The van der Waals surface area contributed by atoms with Crippen molar-refractivity contribution in [2.75, 3.05) is 0 Å². The Balaban J connectivity index is 2.54. The number of hydrogen-bond donors (Lipinski definition) is 1. The smallest absolute Gasteiger partial charge is 0.344 e. The van der Waals surface area contributed by atoms with E-state index in [-0.39, 0.29) is 5.63 Å². The van der Waals surface area contributed by atoms with Gasteiger partial charge in [-0.05, 0) is 30.5 Å². The Morgan fingerprint density at radius 2 is 2.12 bits per heavy atom. The Labute approximate surface area is 92.6 Å². The van der Waals surface area contributed by atoms with E-state index < -0.39 is 6.10 Å². The van der Waals surface area contributed by atoms with Gasteiger partial charge in [0.25, 0.3) is 0 Å².